The molecule has 1 amide bonds. The minimum atomic E-state index is -0.00143. The van der Waals surface area contributed by atoms with Crippen LogP contribution in [0.3, 0.4) is 0 Å². The van der Waals surface area contributed by atoms with Crippen molar-refractivity contribution >= 4 is 22.4 Å². The molecule has 1 aromatic rings. The normalized spacial score (nSPS) is 32.8. The zero-order chi connectivity index (χ0) is 15.8. The van der Waals surface area contributed by atoms with Gasteiger partial charge in [0.05, 0.1) is 0 Å². The van der Waals surface area contributed by atoms with E-state index in [-0.39, 0.29) is 11.9 Å². The van der Waals surface area contributed by atoms with Crippen LogP contribution >= 0.6 is 11.3 Å². The Balaban J connectivity index is 1.51. The fourth-order valence-corrected chi connectivity index (χ4v) is 5.49. The third-order valence-electron chi connectivity index (χ3n) is 5.74. The summed E-state index contributed by atoms with van der Waals surface area (Å²) in [5.74, 6) is 1.61. The van der Waals surface area contributed by atoms with Crippen molar-refractivity contribution in [2.45, 2.75) is 44.6 Å². The van der Waals surface area contributed by atoms with Crippen LogP contribution in [-0.2, 0) is 4.79 Å². The Labute approximate surface area is 142 Å². The first-order valence-corrected chi connectivity index (χ1v) is 9.77. The van der Waals surface area contributed by atoms with Crippen LogP contribution in [-0.4, -0.2) is 54.6 Å². The summed E-state index contributed by atoms with van der Waals surface area (Å²) in [6.07, 6.45) is 7.32. The molecule has 0 spiro atoms. The van der Waals surface area contributed by atoms with Gasteiger partial charge in [0.15, 0.2) is 5.13 Å². The molecular weight excluding hydrogens is 308 g/mol. The van der Waals surface area contributed by atoms with Gasteiger partial charge in [-0.1, -0.05) is 26.2 Å². The van der Waals surface area contributed by atoms with Crippen molar-refractivity contribution in [3.8, 4) is 0 Å². The van der Waals surface area contributed by atoms with E-state index in [1.54, 1.807) is 11.3 Å². The molecule has 0 aromatic carbocycles. The van der Waals surface area contributed by atoms with Crippen LogP contribution in [0.2, 0.25) is 0 Å². The maximum atomic E-state index is 12.8. The van der Waals surface area contributed by atoms with E-state index < -0.39 is 0 Å². The molecule has 1 aliphatic carbocycles. The van der Waals surface area contributed by atoms with Crippen LogP contribution in [0.1, 0.15) is 43.4 Å². The molecule has 5 nitrogen and oxygen atoms in total. The lowest BCUT2D eigenvalue weighted by Gasteiger charge is -2.42. The van der Waals surface area contributed by atoms with Crippen molar-refractivity contribution in [1.82, 2.24) is 15.2 Å². The number of nitrogens with one attached hydrogen (secondary N) is 1. The first-order chi connectivity index (χ1) is 11.2. The highest BCUT2D eigenvalue weighted by atomic mass is 32.1. The highest BCUT2D eigenvalue weighted by molar-refractivity contribution is 7.15. The number of carbonyl (C=O) groups excluding carboxylic acids is 1. The topological polar surface area (TPSA) is 48.5 Å². The quantitative estimate of drug-likeness (QED) is 0.899. The van der Waals surface area contributed by atoms with Gasteiger partial charge in [-0.25, -0.2) is 4.98 Å². The van der Waals surface area contributed by atoms with E-state index in [0.717, 1.165) is 43.8 Å². The average Bonchev–Trinajstić information content (AvgIpc) is 3.05. The van der Waals surface area contributed by atoms with Crippen molar-refractivity contribution in [3.63, 3.8) is 0 Å². The van der Waals surface area contributed by atoms with Crippen molar-refractivity contribution in [3.05, 3.63) is 11.1 Å². The molecule has 3 atom stereocenters. The van der Waals surface area contributed by atoms with Crippen molar-refractivity contribution in [2.24, 2.45) is 5.92 Å². The molecule has 3 aliphatic rings. The molecule has 1 aromatic heterocycles. The Morgan fingerprint density at radius 3 is 3.00 bits per heavy atom. The van der Waals surface area contributed by atoms with Gasteiger partial charge in [-0.15, -0.1) is 11.3 Å². The molecule has 23 heavy (non-hydrogen) atoms. The summed E-state index contributed by atoms with van der Waals surface area (Å²) in [7, 11) is 0. The molecule has 2 saturated heterocycles. The number of rotatable bonds is 2. The predicted molar refractivity (Wildman–Crippen MR) is 93.1 cm³/mol. The summed E-state index contributed by atoms with van der Waals surface area (Å²) in [6, 6.07) is -0.00143. The molecule has 0 bridgehead atoms. The highest BCUT2D eigenvalue weighted by Crippen LogP contribution is 2.41. The second-order valence-electron chi connectivity index (χ2n) is 7.16. The molecule has 0 unspecified atom stereocenters. The molecule has 1 N–H and O–H groups in total. The Morgan fingerprint density at radius 2 is 2.13 bits per heavy atom. The molecule has 3 heterocycles. The van der Waals surface area contributed by atoms with Gasteiger partial charge < -0.3 is 5.32 Å². The van der Waals surface area contributed by atoms with Gasteiger partial charge in [0.2, 0.25) is 5.91 Å². The monoisotopic (exact) mass is 334 g/mol. The fraction of sp³-hybridized carbons (Fsp3) is 0.765. The summed E-state index contributed by atoms with van der Waals surface area (Å²) < 4.78 is 0. The summed E-state index contributed by atoms with van der Waals surface area (Å²) in [6.45, 7) is 6.85. The molecular formula is C17H26N4OS. The number of aromatic nitrogens is 1. The lowest BCUT2D eigenvalue weighted by molar-refractivity contribution is -0.126. The van der Waals surface area contributed by atoms with Crippen LogP contribution in [0, 0.1) is 5.92 Å². The van der Waals surface area contributed by atoms with Gasteiger partial charge in [-0.05, 0) is 18.3 Å². The molecule has 6 heteroatoms. The first kappa shape index (κ1) is 15.5. The van der Waals surface area contributed by atoms with Crippen LogP contribution in [0.25, 0.3) is 0 Å². The Bertz CT molecular complexity index is 575. The Morgan fingerprint density at radius 1 is 1.26 bits per heavy atom. The number of fused-ring (bicyclic) bond motifs is 1. The van der Waals surface area contributed by atoms with Gasteiger partial charge in [0.25, 0.3) is 0 Å². The number of anilines is 1. The van der Waals surface area contributed by atoms with E-state index in [2.05, 4.69) is 22.1 Å². The molecule has 3 fully saturated rings. The van der Waals surface area contributed by atoms with Crippen LogP contribution < -0.4 is 10.2 Å². The SMILES string of the molecule is C[C@H]1CCCC[C@@H]1c1cnc(N2CCN3CCNC[C@@H]3C2=O)s1. The van der Waals surface area contributed by atoms with Gasteiger partial charge in [0.1, 0.15) is 6.04 Å². The lowest BCUT2D eigenvalue weighted by atomic mass is 9.80. The van der Waals surface area contributed by atoms with Crippen molar-refractivity contribution < 1.29 is 4.79 Å². The number of hydrogen-bond acceptors (Lipinski definition) is 5. The predicted octanol–water partition coefficient (Wildman–Crippen LogP) is 2.06. The van der Waals surface area contributed by atoms with Gasteiger partial charge in [0, 0.05) is 43.8 Å². The van der Waals surface area contributed by atoms with E-state index in [4.69, 9.17) is 0 Å². The van der Waals surface area contributed by atoms with Crippen LogP contribution in [0.15, 0.2) is 6.20 Å². The highest BCUT2D eigenvalue weighted by Gasteiger charge is 2.38. The molecule has 126 valence electrons. The van der Waals surface area contributed by atoms with E-state index >= 15 is 0 Å². The van der Waals surface area contributed by atoms with E-state index in [1.807, 2.05) is 11.1 Å². The zero-order valence-corrected chi connectivity index (χ0v) is 14.6. The average molecular weight is 334 g/mol. The first-order valence-electron chi connectivity index (χ1n) is 8.96. The standard InChI is InChI=1S/C17H26N4OS/c1-12-4-2-3-5-13(12)15-11-19-17(23-15)21-9-8-20-7-6-18-10-14(20)16(21)22/h11-14,18H,2-10H2,1H3/t12-,13-,14+/m0/s1. The zero-order valence-electron chi connectivity index (χ0n) is 13.8. The number of hydrogen-bond donors (Lipinski definition) is 1. The van der Waals surface area contributed by atoms with Gasteiger partial charge >= 0.3 is 0 Å². The molecule has 0 radical (unpaired) electrons. The second kappa shape index (κ2) is 6.49. The minimum absolute atomic E-state index is 0.00143. The summed E-state index contributed by atoms with van der Waals surface area (Å²) in [4.78, 5) is 23.1. The Kier molecular flexibility index (Phi) is 4.39. The number of carbonyl (C=O) groups is 1. The number of amides is 1. The third-order valence-corrected chi connectivity index (χ3v) is 6.89. The van der Waals surface area contributed by atoms with Crippen LogP contribution in [0.4, 0.5) is 5.13 Å². The second-order valence-corrected chi connectivity index (χ2v) is 8.20. The van der Waals surface area contributed by atoms with Crippen molar-refractivity contribution in [1.29, 1.82) is 0 Å². The number of thiazole rings is 1. The van der Waals surface area contributed by atoms with E-state index in [9.17, 15) is 4.79 Å². The van der Waals surface area contributed by atoms with Crippen LogP contribution in [0.5, 0.6) is 0 Å². The van der Waals surface area contributed by atoms with E-state index in [0.29, 0.717) is 5.92 Å². The molecule has 1 saturated carbocycles. The largest absolute Gasteiger partial charge is 0.313 e. The Hall–Kier alpha value is -0.980. The minimum Gasteiger partial charge on any atom is -0.313 e. The van der Waals surface area contributed by atoms with Gasteiger partial charge in [-0.2, -0.15) is 0 Å². The smallest absolute Gasteiger partial charge is 0.247 e. The fourth-order valence-electron chi connectivity index (χ4n) is 4.28. The maximum Gasteiger partial charge on any atom is 0.247 e. The summed E-state index contributed by atoms with van der Waals surface area (Å²) in [5.41, 5.74) is 0. The number of nitrogens with zero attached hydrogens (tertiary/aromatic N) is 3. The molecule has 4 rings (SSSR count). The maximum absolute atomic E-state index is 12.8. The van der Waals surface area contributed by atoms with E-state index in [1.165, 1.54) is 30.6 Å². The van der Waals surface area contributed by atoms with Crippen molar-refractivity contribution in [2.75, 3.05) is 37.6 Å². The molecule has 2 aliphatic heterocycles. The third kappa shape index (κ3) is 2.92. The summed E-state index contributed by atoms with van der Waals surface area (Å²) in [5, 5.41) is 4.25. The lowest BCUT2D eigenvalue weighted by Crippen LogP contribution is -2.64. The van der Waals surface area contributed by atoms with Gasteiger partial charge in [-0.3, -0.25) is 14.6 Å². The summed E-state index contributed by atoms with van der Waals surface area (Å²) >= 11 is 1.75. The number of piperazine rings is 2.